The Morgan fingerprint density at radius 1 is 1.00 bits per heavy atom. The van der Waals surface area contributed by atoms with Crippen LogP contribution in [0.1, 0.15) is 26.7 Å². The second-order valence-electron chi connectivity index (χ2n) is 2.86. The molecule has 0 aliphatic carbocycles. The summed E-state index contributed by atoms with van der Waals surface area (Å²) in [4.78, 5) is 0. The summed E-state index contributed by atoms with van der Waals surface area (Å²) in [6.07, 6.45) is 0.726. The number of nitriles is 2. The van der Waals surface area contributed by atoms with Gasteiger partial charge in [0.25, 0.3) is 8.53 Å². The summed E-state index contributed by atoms with van der Waals surface area (Å²) in [6, 6.07) is 4.05. The normalized spacial score (nSPS) is 10.4. The maximum atomic E-state index is 8.43. The van der Waals surface area contributed by atoms with Gasteiger partial charge in [0.2, 0.25) is 0 Å². The third kappa shape index (κ3) is 6.71. The van der Waals surface area contributed by atoms with Crippen LogP contribution in [0.5, 0.6) is 0 Å². The maximum Gasteiger partial charge on any atom is 0.258 e. The molecule has 0 saturated heterocycles. The van der Waals surface area contributed by atoms with E-state index in [9.17, 15) is 0 Å². The van der Waals surface area contributed by atoms with Crippen LogP contribution >= 0.6 is 8.53 Å². The molecule has 0 bridgehead atoms. The molecule has 0 saturated carbocycles. The molecule has 5 nitrogen and oxygen atoms in total. The molecule has 0 aromatic carbocycles. The molecule has 0 aliphatic heterocycles. The first-order chi connectivity index (χ1) is 7.79. The monoisotopic (exact) mass is 243 g/mol. The molecule has 0 N–H and O–H groups in total. The van der Waals surface area contributed by atoms with Crippen LogP contribution in [0.25, 0.3) is 0 Å². The van der Waals surface area contributed by atoms with Gasteiger partial charge in [0, 0.05) is 13.1 Å². The van der Waals surface area contributed by atoms with Gasteiger partial charge in [-0.1, -0.05) is 13.8 Å². The Morgan fingerprint density at radius 3 is 1.75 bits per heavy atom. The molecule has 0 aromatic rings. The smallest absolute Gasteiger partial charge is 0.258 e. The second kappa shape index (κ2) is 10.8. The van der Waals surface area contributed by atoms with Gasteiger partial charge in [-0.2, -0.15) is 10.5 Å². The first-order valence-electron chi connectivity index (χ1n) is 5.34. The largest absolute Gasteiger partial charge is 0.321 e. The average molecular weight is 243 g/mol. The Balaban J connectivity index is 4.04. The lowest BCUT2D eigenvalue weighted by molar-refractivity contribution is 0.214. The topological polar surface area (TPSA) is 69.3 Å². The van der Waals surface area contributed by atoms with Crippen LogP contribution in [0.2, 0.25) is 0 Å². The highest BCUT2D eigenvalue weighted by atomic mass is 31.2. The molecule has 0 amide bonds. The van der Waals surface area contributed by atoms with Crippen LogP contribution in [0.3, 0.4) is 0 Å². The summed E-state index contributed by atoms with van der Waals surface area (Å²) in [5, 5.41) is 16.9. The van der Waals surface area contributed by atoms with Gasteiger partial charge in [-0.15, -0.1) is 0 Å². The van der Waals surface area contributed by atoms with E-state index in [1.807, 2.05) is 26.0 Å². The van der Waals surface area contributed by atoms with E-state index in [4.69, 9.17) is 19.6 Å². The Kier molecular flexibility index (Phi) is 10.3. The zero-order valence-electron chi connectivity index (χ0n) is 9.85. The van der Waals surface area contributed by atoms with E-state index in [2.05, 4.69) is 4.67 Å². The van der Waals surface area contributed by atoms with Crippen LogP contribution in [0, 0.1) is 22.7 Å². The molecule has 0 rings (SSSR count). The summed E-state index contributed by atoms with van der Waals surface area (Å²) in [5.74, 6) is 0. The number of nitrogens with zero attached hydrogens (tertiary/aromatic N) is 3. The van der Waals surface area contributed by atoms with E-state index in [-0.39, 0.29) is 0 Å². The Morgan fingerprint density at radius 2 is 1.44 bits per heavy atom. The Bertz CT molecular complexity index is 225. The quantitative estimate of drug-likeness (QED) is 0.459. The van der Waals surface area contributed by atoms with Crippen LogP contribution in [0.4, 0.5) is 0 Å². The molecule has 0 atom stereocenters. The zero-order chi connectivity index (χ0) is 12.2. The summed E-state index contributed by atoms with van der Waals surface area (Å²) in [6.45, 7) is 6.49. The molecule has 0 spiro atoms. The summed E-state index contributed by atoms with van der Waals surface area (Å²) in [7, 11) is -1.12. The van der Waals surface area contributed by atoms with E-state index in [1.165, 1.54) is 0 Å². The van der Waals surface area contributed by atoms with E-state index in [0.29, 0.717) is 26.1 Å². The predicted octanol–water partition coefficient (Wildman–Crippen LogP) is 2.42. The molecule has 0 aliphatic rings. The maximum absolute atomic E-state index is 8.43. The van der Waals surface area contributed by atoms with E-state index < -0.39 is 8.53 Å². The second-order valence-corrected chi connectivity index (χ2v) is 4.42. The minimum atomic E-state index is -1.12. The van der Waals surface area contributed by atoms with Crippen LogP contribution < -0.4 is 0 Å². The van der Waals surface area contributed by atoms with Crippen molar-refractivity contribution in [1.82, 2.24) is 4.67 Å². The molecule has 0 unspecified atom stereocenters. The van der Waals surface area contributed by atoms with Gasteiger partial charge in [-0.25, -0.2) is 4.67 Å². The van der Waals surface area contributed by atoms with Crippen LogP contribution in [-0.4, -0.2) is 31.0 Å². The minimum absolute atomic E-state index is 0.363. The number of hydrogen-bond acceptors (Lipinski definition) is 5. The molecular formula is C10H18N3O2P. The van der Waals surface area contributed by atoms with Crippen molar-refractivity contribution >= 4 is 8.53 Å². The SMILES string of the molecule is CCN(CC)P(OCCC#N)OCCC#N. The van der Waals surface area contributed by atoms with Gasteiger partial charge in [0.05, 0.1) is 38.2 Å². The van der Waals surface area contributed by atoms with Crippen molar-refractivity contribution in [1.29, 1.82) is 10.5 Å². The van der Waals surface area contributed by atoms with Gasteiger partial charge in [0.1, 0.15) is 0 Å². The molecule has 16 heavy (non-hydrogen) atoms. The summed E-state index contributed by atoms with van der Waals surface area (Å²) < 4.78 is 13.1. The highest BCUT2D eigenvalue weighted by molar-refractivity contribution is 7.44. The van der Waals surface area contributed by atoms with Gasteiger partial charge >= 0.3 is 0 Å². The lowest BCUT2D eigenvalue weighted by Crippen LogP contribution is -2.19. The molecule has 0 aromatic heterocycles. The fourth-order valence-electron chi connectivity index (χ4n) is 0.994. The molecular weight excluding hydrogens is 225 g/mol. The third-order valence-corrected chi connectivity index (χ3v) is 3.63. The summed E-state index contributed by atoms with van der Waals surface area (Å²) >= 11 is 0. The first kappa shape index (κ1) is 15.3. The average Bonchev–Trinajstić information content (AvgIpc) is 2.30. The van der Waals surface area contributed by atoms with Crippen molar-refractivity contribution < 1.29 is 9.05 Å². The van der Waals surface area contributed by atoms with Crippen molar-refractivity contribution in [2.24, 2.45) is 0 Å². The molecule has 0 fully saturated rings. The number of rotatable bonds is 9. The van der Waals surface area contributed by atoms with Gasteiger partial charge in [-0.3, -0.25) is 0 Å². The minimum Gasteiger partial charge on any atom is -0.321 e. The van der Waals surface area contributed by atoms with E-state index in [0.717, 1.165) is 13.1 Å². The zero-order valence-corrected chi connectivity index (χ0v) is 10.7. The Labute approximate surface area is 98.5 Å². The highest BCUT2D eigenvalue weighted by Crippen LogP contribution is 2.42. The summed E-state index contributed by atoms with van der Waals surface area (Å²) in [5.41, 5.74) is 0. The van der Waals surface area contributed by atoms with E-state index >= 15 is 0 Å². The molecule has 0 heterocycles. The standard InChI is InChI=1S/C10H18N3O2P/c1-3-13(4-2)16(14-9-5-7-11)15-10-6-8-12/h3-6,9-10H2,1-2H3. The highest BCUT2D eigenvalue weighted by Gasteiger charge is 2.18. The van der Waals surface area contributed by atoms with Gasteiger partial charge in [-0.05, 0) is 0 Å². The van der Waals surface area contributed by atoms with Crippen LogP contribution in [-0.2, 0) is 9.05 Å². The fourth-order valence-corrected chi connectivity index (χ4v) is 2.35. The van der Waals surface area contributed by atoms with Crippen LogP contribution in [0.15, 0.2) is 0 Å². The Hall–Kier alpha value is -0.710. The van der Waals surface area contributed by atoms with Crippen molar-refractivity contribution in [3.05, 3.63) is 0 Å². The van der Waals surface area contributed by atoms with Crippen molar-refractivity contribution in [3.63, 3.8) is 0 Å². The third-order valence-electron chi connectivity index (χ3n) is 1.79. The van der Waals surface area contributed by atoms with Crippen molar-refractivity contribution in [2.45, 2.75) is 26.7 Å². The molecule has 0 radical (unpaired) electrons. The molecule has 6 heteroatoms. The lowest BCUT2D eigenvalue weighted by atomic mass is 10.5. The van der Waals surface area contributed by atoms with Gasteiger partial charge in [0.15, 0.2) is 0 Å². The first-order valence-corrected chi connectivity index (χ1v) is 6.47. The molecule has 90 valence electrons. The van der Waals surface area contributed by atoms with Gasteiger partial charge < -0.3 is 9.05 Å². The number of hydrogen-bond donors (Lipinski definition) is 0. The predicted molar refractivity (Wildman–Crippen MR) is 62.2 cm³/mol. The fraction of sp³-hybridized carbons (Fsp3) is 0.800. The van der Waals surface area contributed by atoms with E-state index in [1.54, 1.807) is 0 Å². The lowest BCUT2D eigenvalue weighted by Gasteiger charge is -2.26. The van der Waals surface area contributed by atoms with Crippen molar-refractivity contribution in [2.75, 3.05) is 26.3 Å². The van der Waals surface area contributed by atoms with Crippen molar-refractivity contribution in [3.8, 4) is 12.1 Å².